The quantitative estimate of drug-likeness (QED) is 0.425. The summed E-state index contributed by atoms with van der Waals surface area (Å²) in [6.07, 6.45) is 3.61. The van der Waals surface area contributed by atoms with Gasteiger partial charge in [0.1, 0.15) is 11.0 Å². The average molecular weight is 468 g/mol. The van der Waals surface area contributed by atoms with Crippen LogP contribution in [0.3, 0.4) is 0 Å². The molecule has 35 heavy (non-hydrogen) atoms. The van der Waals surface area contributed by atoms with Crippen LogP contribution in [-0.2, 0) is 13.6 Å². The number of fused-ring (bicyclic) bond motifs is 2. The zero-order valence-corrected chi connectivity index (χ0v) is 19.6. The minimum atomic E-state index is -0.425. The molecule has 1 fully saturated rings. The third kappa shape index (κ3) is 3.32. The number of hydrogen-bond acceptors (Lipinski definition) is 4. The van der Waals surface area contributed by atoms with E-state index in [0.717, 1.165) is 36.0 Å². The molecule has 1 N–H and O–H groups in total. The fourth-order valence-electron chi connectivity index (χ4n) is 4.84. The molecule has 1 saturated carbocycles. The Morgan fingerprint density at radius 2 is 1.74 bits per heavy atom. The van der Waals surface area contributed by atoms with Crippen molar-refractivity contribution < 1.29 is 0 Å². The van der Waals surface area contributed by atoms with Crippen LogP contribution in [0, 0.1) is 0 Å². The molecular formula is C27H25N5O3. The van der Waals surface area contributed by atoms with Gasteiger partial charge in [0, 0.05) is 48.5 Å². The van der Waals surface area contributed by atoms with Gasteiger partial charge in [-0.05, 0) is 56.2 Å². The maximum Gasteiger partial charge on any atom is 0.337 e. The predicted octanol–water partition coefficient (Wildman–Crippen LogP) is 3.90. The van der Waals surface area contributed by atoms with Gasteiger partial charge in [0.25, 0.3) is 11.1 Å². The smallest absolute Gasteiger partial charge is 0.337 e. The van der Waals surface area contributed by atoms with Crippen LogP contribution in [0.25, 0.3) is 27.6 Å². The predicted molar refractivity (Wildman–Crippen MR) is 138 cm³/mol. The average Bonchev–Trinajstić information content (AvgIpc) is 3.61. The van der Waals surface area contributed by atoms with E-state index in [9.17, 15) is 14.4 Å². The first kappa shape index (κ1) is 21.2. The number of aryl methyl sites for hydroxylation is 2. The topological polar surface area (TPSA) is 83.0 Å². The van der Waals surface area contributed by atoms with Gasteiger partial charge in [-0.1, -0.05) is 18.2 Å². The Hall–Kier alpha value is -4.33. The van der Waals surface area contributed by atoms with Crippen molar-refractivity contribution in [2.75, 3.05) is 5.32 Å². The van der Waals surface area contributed by atoms with Crippen LogP contribution in [0.1, 0.15) is 25.8 Å². The van der Waals surface area contributed by atoms with Crippen molar-refractivity contribution in [3.63, 3.8) is 0 Å². The van der Waals surface area contributed by atoms with Crippen LogP contribution in [-0.4, -0.2) is 18.3 Å². The van der Waals surface area contributed by atoms with E-state index in [-0.39, 0.29) is 22.8 Å². The standard InChI is InChI=1S/C27H25N5O3/c1-3-30-14-13-17-15-18(9-12-22(17)30)28-21-16-23(33)29(2)25-24(21)26(34)32(20-10-11-20)27(35)31(25)19-7-5-4-6-8-19/h4-9,12-16,20,28H,3,10-11H2,1-2H3. The van der Waals surface area contributed by atoms with E-state index >= 15 is 0 Å². The van der Waals surface area contributed by atoms with Crippen molar-refractivity contribution >= 4 is 33.3 Å². The van der Waals surface area contributed by atoms with Gasteiger partial charge in [0.2, 0.25) is 0 Å². The van der Waals surface area contributed by atoms with Crippen molar-refractivity contribution in [2.45, 2.75) is 32.4 Å². The lowest BCUT2D eigenvalue weighted by Gasteiger charge is -2.18. The molecule has 8 nitrogen and oxygen atoms in total. The number of nitrogens with zero attached hydrogens (tertiary/aromatic N) is 4. The molecule has 0 amide bonds. The van der Waals surface area contributed by atoms with E-state index in [0.29, 0.717) is 16.8 Å². The Morgan fingerprint density at radius 3 is 2.46 bits per heavy atom. The van der Waals surface area contributed by atoms with E-state index in [2.05, 4.69) is 16.8 Å². The Labute approximate surface area is 200 Å². The third-order valence-electron chi connectivity index (χ3n) is 6.77. The molecular weight excluding hydrogens is 442 g/mol. The number of rotatable bonds is 5. The molecule has 0 atom stereocenters. The summed E-state index contributed by atoms with van der Waals surface area (Å²) in [4.78, 5) is 40.3. The minimum absolute atomic E-state index is 0.121. The first-order chi connectivity index (χ1) is 17.0. The van der Waals surface area contributed by atoms with Gasteiger partial charge < -0.3 is 9.88 Å². The van der Waals surface area contributed by atoms with E-state index in [1.54, 1.807) is 19.2 Å². The highest BCUT2D eigenvalue weighted by atomic mass is 16.2. The van der Waals surface area contributed by atoms with Crippen molar-refractivity contribution in [1.82, 2.24) is 18.3 Å². The van der Waals surface area contributed by atoms with Crippen molar-refractivity contribution in [3.05, 3.63) is 98.1 Å². The molecule has 8 heteroatoms. The number of pyridine rings is 1. The number of hydrogen-bond donors (Lipinski definition) is 1. The molecule has 176 valence electrons. The van der Waals surface area contributed by atoms with Crippen LogP contribution < -0.4 is 22.1 Å². The van der Waals surface area contributed by atoms with Gasteiger partial charge in [0.15, 0.2) is 0 Å². The normalized spacial score (nSPS) is 13.5. The second-order valence-electron chi connectivity index (χ2n) is 9.01. The summed E-state index contributed by atoms with van der Waals surface area (Å²) < 4.78 is 6.35. The number of anilines is 2. The first-order valence-corrected chi connectivity index (χ1v) is 11.8. The number of aromatic nitrogens is 4. The van der Waals surface area contributed by atoms with E-state index in [1.165, 1.54) is 19.8 Å². The Balaban J connectivity index is 1.65. The second kappa shape index (κ2) is 7.87. The summed E-state index contributed by atoms with van der Waals surface area (Å²) in [5.74, 6) is 0. The van der Waals surface area contributed by atoms with E-state index in [4.69, 9.17) is 0 Å². The summed E-state index contributed by atoms with van der Waals surface area (Å²) in [7, 11) is 1.59. The summed E-state index contributed by atoms with van der Waals surface area (Å²) in [5.41, 5.74) is 2.02. The van der Waals surface area contributed by atoms with Crippen LogP contribution in [0.15, 0.2) is 81.2 Å². The lowest BCUT2D eigenvalue weighted by molar-refractivity contribution is 0.637. The lowest BCUT2D eigenvalue weighted by Crippen LogP contribution is -2.41. The second-order valence-corrected chi connectivity index (χ2v) is 9.01. The summed E-state index contributed by atoms with van der Waals surface area (Å²) in [6, 6.07) is 18.4. The molecule has 3 aromatic heterocycles. The largest absolute Gasteiger partial charge is 0.355 e. The lowest BCUT2D eigenvalue weighted by atomic mass is 10.2. The van der Waals surface area contributed by atoms with Crippen molar-refractivity contribution in [2.24, 2.45) is 7.05 Å². The van der Waals surface area contributed by atoms with Crippen molar-refractivity contribution in [3.8, 4) is 5.69 Å². The number of para-hydroxylation sites is 1. The SMILES string of the molecule is CCn1ccc2cc(Nc3cc(=O)n(C)c4c3c(=O)n(C3CC3)c(=O)n4-c3ccccc3)ccc21. The monoisotopic (exact) mass is 467 g/mol. The molecule has 0 aliphatic heterocycles. The highest BCUT2D eigenvalue weighted by molar-refractivity contribution is 5.93. The molecule has 0 spiro atoms. The fourth-order valence-corrected chi connectivity index (χ4v) is 4.84. The van der Waals surface area contributed by atoms with Crippen LogP contribution in [0.2, 0.25) is 0 Å². The Kier molecular flexibility index (Phi) is 4.77. The summed E-state index contributed by atoms with van der Waals surface area (Å²) in [6.45, 7) is 2.96. The molecule has 2 aromatic carbocycles. The Morgan fingerprint density at radius 1 is 0.971 bits per heavy atom. The van der Waals surface area contributed by atoms with E-state index < -0.39 is 5.69 Å². The van der Waals surface area contributed by atoms with Crippen LogP contribution >= 0.6 is 0 Å². The summed E-state index contributed by atoms with van der Waals surface area (Å²) in [5, 5.41) is 4.68. The fraction of sp³-hybridized carbons (Fsp3) is 0.222. The Bertz CT molecular complexity index is 1790. The third-order valence-corrected chi connectivity index (χ3v) is 6.77. The van der Waals surface area contributed by atoms with Gasteiger partial charge in [0.05, 0.1) is 11.4 Å². The molecule has 0 unspecified atom stereocenters. The van der Waals surface area contributed by atoms with Crippen LogP contribution in [0.4, 0.5) is 11.4 Å². The minimum Gasteiger partial charge on any atom is -0.355 e. The summed E-state index contributed by atoms with van der Waals surface area (Å²) >= 11 is 0. The molecule has 0 radical (unpaired) electrons. The maximum absolute atomic E-state index is 13.7. The number of benzene rings is 2. The molecule has 3 heterocycles. The molecule has 1 aliphatic carbocycles. The zero-order chi connectivity index (χ0) is 24.3. The maximum atomic E-state index is 13.7. The van der Waals surface area contributed by atoms with Crippen molar-refractivity contribution in [1.29, 1.82) is 0 Å². The zero-order valence-electron chi connectivity index (χ0n) is 19.6. The molecule has 1 aliphatic rings. The van der Waals surface area contributed by atoms with Gasteiger partial charge in [-0.15, -0.1) is 0 Å². The highest BCUT2D eigenvalue weighted by Crippen LogP contribution is 2.33. The molecule has 0 bridgehead atoms. The van der Waals surface area contributed by atoms with E-state index in [1.807, 2.05) is 48.7 Å². The highest BCUT2D eigenvalue weighted by Gasteiger charge is 2.30. The molecule has 5 aromatic rings. The van der Waals surface area contributed by atoms with Gasteiger partial charge in [-0.25, -0.2) is 9.36 Å². The van der Waals surface area contributed by atoms with Gasteiger partial charge in [-0.2, -0.15) is 0 Å². The van der Waals surface area contributed by atoms with Gasteiger partial charge in [-0.3, -0.25) is 18.7 Å². The van der Waals surface area contributed by atoms with Crippen LogP contribution in [0.5, 0.6) is 0 Å². The van der Waals surface area contributed by atoms with Gasteiger partial charge >= 0.3 is 5.69 Å². The molecule has 6 rings (SSSR count). The molecule has 0 saturated heterocycles. The number of nitrogens with one attached hydrogen (secondary N) is 1. The first-order valence-electron chi connectivity index (χ1n) is 11.8.